The Morgan fingerprint density at radius 2 is 1.69 bits per heavy atom. The molecule has 136 valence electrons. The lowest BCUT2D eigenvalue weighted by molar-refractivity contribution is -0.252. The van der Waals surface area contributed by atoms with Gasteiger partial charge < -0.3 is 14.4 Å². The Bertz CT molecular complexity index is 892. The lowest BCUT2D eigenvalue weighted by Gasteiger charge is -2.45. The van der Waals surface area contributed by atoms with Gasteiger partial charge in [-0.25, -0.2) is 0 Å². The quantitative estimate of drug-likeness (QED) is 0.581. The van der Waals surface area contributed by atoms with E-state index in [0.29, 0.717) is 6.54 Å². The van der Waals surface area contributed by atoms with Crippen LogP contribution in [0.2, 0.25) is 0 Å². The monoisotopic (exact) mass is 353 g/mol. The van der Waals surface area contributed by atoms with Crippen molar-refractivity contribution in [3.05, 3.63) is 42.0 Å². The molecule has 5 nitrogen and oxygen atoms in total. The molecule has 4 rings (SSSR count). The third-order valence-corrected chi connectivity index (χ3v) is 5.67. The highest BCUT2D eigenvalue weighted by molar-refractivity contribution is 6.06. The molecule has 1 unspecified atom stereocenters. The van der Waals surface area contributed by atoms with Crippen LogP contribution in [0.3, 0.4) is 0 Å². The highest BCUT2D eigenvalue weighted by Gasteiger charge is 2.61. The minimum atomic E-state index is -1.38. The van der Waals surface area contributed by atoms with Crippen LogP contribution in [0, 0.1) is 5.41 Å². The number of esters is 2. The molecule has 2 aliphatic rings. The molecule has 0 aromatic heterocycles. The van der Waals surface area contributed by atoms with Gasteiger partial charge in [0.15, 0.2) is 5.41 Å². The molecule has 1 saturated heterocycles. The van der Waals surface area contributed by atoms with Crippen LogP contribution < -0.4 is 4.90 Å². The molecule has 2 heterocycles. The number of cyclic esters (lactones) is 2. The molecule has 0 aliphatic carbocycles. The van der Waals surface area contributed by atoms with Gasteiger partial charge in [-0.1, -0.05) is 30.3 Å². The highest BCUT2D eigenvalue weighted by atomic mass is 16.7. The molecule has 1 fully saturated rings. The maximum Gasteiger partial charge on any atom is 0.329 e. The number of hydrogen-bond donors (Lipinski definition) is 0. The molecule has 0 amide bonds. The number of carbonyl (C=O) groups excluding carboxylic acids is 2. The van der Waals surface area contributed by atoms with Gasteiger partial charge in [0.25, 0.3) is 5.79 Å². The molecule has 0 saturated carbocycles. The molecule has 1 atom stereocenters. The van der Waals surface area contributed by atoms with Gasteiger partial charge in [-0.3, -0.25) is 9.59 Å². The molecule has 2 aromatic carbocycles. The van der Waals surface area contributed by atoms with Crippen molar-refractivity contribution in [2.24, 2.45) is 5.41 Å². The van der Waals surface area contributed by atoms with Gasteiger partial charge in [-0.05, 0) is 30.9 Å². The number of ether oxygens (including phenoxy) is 2. The van der Waals surface area contributed by atoms with E-state index in [1.807, 2.05) is 38.1 Å². The van der Waals surface area contributed by atoms with Crippen molar-refractivity contribution in [2.75, 3.05) is 11.4 Å². The topological polar surface area (TPSA) is 55.8 Å². The second-order valence-corrected chi connectivity index (χ2v) is 7.58. The number of carbonyl (C=O) groups is 2. The van der Waals surface area contributed by atoms with Crippen molar-refractivity contribution >= 4 is 28.4 Å². The predicted molar refractivity (Wildman–Crippen MR) is 98.8 cm³/mol. The zero-order chi connectivity index (χ0) is 18.7. The van der Waals surface area contributed by atoms with E-state index in [-0.39, 0.29) is 12.5 Å². The summed E-state index contributed by atoms with van der Waals surface area (Å²) in [5.74, 6) is -2.24. The van der Waals surface area contributed by atoms with Crippen molar-refractivity contribution in [2.45, 2.75) is 45.9 Å². The van der Waals surface area contributed by atoms with Crippen molar-refractivity contribution in [1.29, 1.82) is 0 Å². The van der Waals surface area contributed by atoms with Gasteiger partial charge in [0.1, 0.15) is 0 Å². The largest absolute Gasteiger partial charge is 0.422 e. The fourth-order valence-corrected chi connectivity index (χ4v) is 4.37. The van der Waals surface area contributed by atoms with Crippen LogP contribution in [0.15, 0.2) is 36.4 Å². The highest BCUT2D eigenvalue weighted by Crippen LogP contribution is 2.46. The van der Waals surface area contributed by atoms with Gasteiger partial charge in [-0.15, -0.1) is 0 Å². The van der Waals surface area contributed by atoms with E-state index in [4.69, 9.17) is 9.47 Å². The van der Waals surface area contributed by atoms with E-state index in [2.05, 4.69) is 17.0 Å². The predicted octanol–water partition coefficient (Wildman–Crippen LogP) is 3.43. The summed E-state index contributed by atoms with van der Waals surface area (Å²) in [6.45, 7) is 7.78. The van der Waals surface area contributed by atoms with Gasteiger partial charge in [0.2, 0.25) is 0 Å². The fraction of sp³-hybridized carbons (Fsp3) is 0.429. The number of benzene rings is 2. The second kappa shape index (κ2) is 5.47. The first-order valence-corrected chi connectivity index (χ1v) is 9.04. The molecule has 0 bridgehead atoms. The van der Waals surface area contributed by atoms with Crippen molar-refractivity contribution < 1.29 is 19.1 Å². The summed E-state index contributed by atoms with van der Waals surface area (Å²) in [4.78, 5) is 28.4. The van der Waals surface area contributed by atoms with Crippen molar-refractivity contribution in [3.8, 4) is 0 Å². The molecule has 0 N–H and O–H groups in total. The Hall–Kier alpha value is -2.56. The summed E-state index contributed by atoms with van der Waals surface area (Å²) in [5, 5.41) is 2.19. The first-order chi connectivity index (χ1) is 12.3. The van der Waals surface area contributed by atoms with E-state index in [1.165, 1.54) is 0 Å². The molecule has 0 radical (unpaired) electrons. The molecule has 1 spiro atoms. The van der Waals surface area contributed by atoms with E-state index in [9.17, 15) is 9.59 Å². The molecular formula is C21H23NO4. The minimum absolute atomic E-state index is 0.271. The number of rotatable bonds is 1. The smallest absolute Gasteiger partial charge is 0.329 e. The van der Waals surface area contributed by atoms with Crippen LogP contribution in [-0.2, 0) is 25.5 Å². The maximum atomic E-state index is 13.1. The lowest BCUT2D eigenvalue weighted by Crippen LogP contribution is -2.62. The van der Waals surface area contributed by atoms with Crippen LogP contribution >= 0.6 is 0 Å². The molecular weight excluding hydrogens is 330 g/mol. The SMILES string of the molecule is CCN1c2cccc3cccc(c23)CC2(C(=O)OC(C)(C)OC2=O)C1C. The Kier molecular flexibility index (Phi) is 3.55. The molecule has 5 heteroatoms. The number of hydrogen-bond acceptors (Lipinski definition) is 5. The van der Waals surface area contributed by atoms with Crippen molar-refractivity contribution in [1.82, 2.24) is 0 Å². The van der Waals surface area contributed by atoms with Crippen LogP contribution in [-0.4, -0.2) is 30.3 Å². The normalized spacial score (nSPS) is 23.5. The third-order valence-electron chi connectivity index (χ3n) is 5.67. The second-order valence-electron chi connectivity index (χ2n) is 7.58. The first-order valence-electron chi connectivity index (χ1n) is 9.04. The number of anilines is 1. The average Bonchev–Trinajstić information content (AvgIpc) is 2.68. The Morgan fingerprint density at radius 1 is 1.08 bits per heavy atom. The zero-order valence-electron chi connectivity index (χ0n) is 15.5. The summed E-state index contributed by atoms with van der Waals surface area (Å²) in [6, 6.07) is 11.7. The van der Waals surface area contributed by atoms with E-state index in [1.54, 1.807) is 13.8 Å². The molecule has 2 aliphatic heterocycles. The Morgan fingerprint density at radius 3 is 2.31 bits per heavy atom. The van der Waals surface area contributed by atoms with E-state index < -0.39 is 23.1 Å². The van der Waals surface area contributed by atoms with Crippen molar-refractivity contribution in [3.63, 3.8) is 0 Å². The van der Waals surface area contributed by atoms with Crippen LogP contribution in [0.25, 0.3) is 10.8 Å². The maximum absolute atomic E-state index is 13.1. The van der Waals surface area contributed by atoms with Gasteiger partial charge >= 0.3 is 11.9 Å². The summed E-state index contributed by atoms with van der Waals surface area (Å²) in [5.41, 5.74) is 0.628. The lowest BCUT2D eigenvalue weighted by atomic mass is 9.74. The Labute approximate surface area is 152 Å². The van der Waals surface area contributed by atoms with Crippen LogP contribution in [0.5, 0.6) is 0 Å². The van der Waals surface area contributed by atoms with E-state index in [0.717, 1.165) is 22.0 Å². The van der Waals surface area contributed by atoms with E-state index >= 15 is 0 Å². The summed E-state index contributed by atoms with van der Waals surface area (Å²) in [6.07, 6.45) is 0.271. The molecule has 2 aromatic rings. The van der Waals surface area contributed by atoms with Gasteiger partial charge in [0, 0.05) is 37.9 Å². The number of nitrogens with zero attached hydrogens (tertiary/aromatic N) is 1. The third kappa shape index (κ3) is 2.16. The summed E-state index contributed by atoms with van der Waals surface area (Å²) >= 11 is 0. The average molecular weight is 353 g/mol. The minimum Gasteiger partial charge on any atom is -0.422 e. The summed E-state index contributed by atoms with van der Waals surface area (Å²) < 4.78 is 11.1. The van der Waals surface area contributed by atoms with Gasteiger partial charge in [-0.2, -0.15) is 0 Å². The summed E-state index contributed by atoms with van der Waals surface area (Å²) in [7, 11) is 0. The van der Waals surface area contributed by atoms with Crippen LogP contribution in [0.4, 0.5) is 5.69 Å². The molecule has 26 heavy (non-hydrogen) atoms. The standard InChI is InChI=1S/C21H23NO4/c1-5-22-13(2)21(18(23)25-20(3,4)26-19(21)24)12-15-10-6-8-14-9-7-11-16(22)17(14)15/h6-11,13H,5,12H2,1-4H3. The van der Waals surface area contributed by atoms with Crippen LogP contribution in [0.1, 0.15) is 33.3 Å². The van der Waals surface area contributed by atoms with Gasteiger partial charge in [0.05, 0.1) is 6.04 Å². The fourth-order valence-electron chi connectivity index (χ4n) is 4.37. The first kappa shape index (κ1) is 16.9. The zero-order valence-corrected chi connectivity index (χ0v) is 15.5. The Balaban J connectivity index is 1.98.